The maximum absolute atomic E-state index is 12.3. The van der Waals surface area contributed by atoms with E-state index in [2.05, 4.69) is 15.0 Å². The van der Waals surface area contributed by atoms with Crippen molar-refractivity contribution in [2.75, 3.05) is 18.9 Å². The number of nitrogen functional groups attached to an aromatic ring is 1. The highest BCUT2D eigenvalue weighted by Crippen LogP contribution is 2.47. The minimum Gasteiger partial charge on any atom is -0.394 e. The lowest BCUT2D eigenvalue weighted by Crippen LogP contribution is -2.58. The van der Waals surface area contributed by atoms with Crippen LogP contribution in [0.15, 0.2) is 12.7 Å². The van der Waals surface area contributed by atoms with E-state index in [1.54, 1.807) is 0 Å². The zero-order valence-corrected chi connectivity index (χ0v) is 18.1. The van der Waals surface area contributed by atoms with E-state index in [0.29, 0.717) is 0 Å². The molecule has 2 aromatic rings. The first-order chi connectivity index (χ1) is 16.0. The number of aliphatic hydroxyl groups excluding tert-OH is 6. The number of aromatic nitrogens is 4. The molecule has 2 aliphatic heterocycles. The number of phosphoric ester groups is 1. The molecule has 0 aromatic carbocycles. The van der Waals surface area contributed by atoms with Crippen molar-refractivity contribution >= 4 is 24.8 Å². The molecule has 190 valence electrons. The zero-order valence-electron chi connectivity index (χ0n) is 17.3. The molecule has 4 heterocycles. The first kappa shape index (κ1) is 25.2. The lowest BCUT2D eigenvalue weighted by molar-refractivity contribution is -0.281. The number of imidazole rings is 1. The van der Waals surface area contributed by atoms with Gasteiger partial charge in [-0.2, -0.15) is 0 Å². The summed E-state index contributed by atoms with van der Waals surface area (Å²) in [6.07, 6.45) is -11.9. The standard InChI is InChI=1S/C16H24N5O12P/c17-13-7-14(19-3-18-13)21(4-20-7)15-11(26)9(24)6(31-15)2-30-34(28,29)33-16-12(27)10(25)8(23)5(1-22)32-16/h3-6,8-12,15-16,22-27H,1-2H2,(H,28,29)(H2,17,18,19)/t5-,6-,8+,9-,10+,11-,12-,15-,16-/m1/s1. The highest BCUT2D eigenvalue weighted by molar-refractivity contribution is 7.47. The van der Waals surface area contributed by atoms with E-state index in [9.17, 15) is 40.1 Å². The third-order valence-corrected chi connectivity index (χ3v) is 6.44. The fourth-order valence-electron chi connectivity index (χ4n) is 3.64. The number of nitrogens with two attached hydrogens (primary N) is 1. The van der Waals surface area contributed by atoms with Gasteiger partial charge in [0.05, 0.1) is 19.5 Å². The Morgan fingerprint density at radius 2 is 1.71 bits per heavy atom. The molecule has 4 rings (SSSR count). The van der Waals surface area contributed by atoms with Crippen molar-refractivity contribution in [2.45, 2.75) is 55.2 Å². The molecule has 0 radical (unpaired) electrons. The quantitative estimate of drug-likeness (QED) is 0.165. The summed E-state index contributed by atoms with van der Waals surface area (Å²) in [5, 5.41) is 59.4. The fraction of sp³-hybridized carbons (Fsp3) is 0.688. The lowest BCUT2D eigenvalue weighted by atomic mass is 10.00. The van der Waals surface area contributed by atoms with Crippen LogP contribution in [0.4, 0.5) is 5.82 Å². The van der Waals surface area contributed by atoms with Gasteiger partial charge >= 0.3 is 7.82 Å². The van der Waals surface area contributed by atoms with Crippen LogP contribution < -0.4 is 5.73 Å². The van der Waals surface area contributed by atoms with E-state index in [0.717, 1.165) is 0 Å². The Labute approximate surface area is 190 Å². The maximum Gasteiger partial charge on any atom is 0.474 e. The minimum atomic E-state index is -4.99. The Morgan fingerprint density at radius 1 is 1.00 bits per heavy atom. The van der Waals surface area contributed by atoms with Crippen LogP contribution in [0.2, 0.25) is 0 Å². The van der Waals surface area contributed by atoms with Gasteiger partial charge in [0, 0.05) is 0 Å². The summed E-state index contributed by atoms with van der Waals surface area (Å²) in [7, 11) is -4.99. The number of phosphoric acid groups is 1. The van der Waals surface area contributed by atoms with Crippen molar-refractivity contribution in [3.05, 3.63) is 12.7 Å². The van der Waals surface area contributed by atoms with Crippen LogP contribution in [0, 0.1) is 0 Å². The van der Waals surface area contributed by atoms with Crippen molar-refractivity contribution in [2.24, 2.45) is 0 Å². The number of fused-ring (bicyclic) bond motifs is 1. The van der Waals surface area contributed by atoms with E-state index in [1.807, 2.05) is 0 Å². The van der Waals surface area contributed by atoms with Gasteiger partial charge in [-0.05, 0) is 0 Å². The zero-order chi connectivity index (χ0) is 24.8. The number of nitrogens with zero attached hydrogens (tertiary/aromatic N) is 4. The summed E-state index contributed by atoms with van der Waals surface area (Å²) in [5.74, 6) is 0.0863. The monoisotopic (exact) mass is 509 g/mol. The predicted molar refractivity (Wildman–Crippen MR) is 106 cm³/mol. The Morgan fingerprint density at radius 3 is 2.41 bits per heavy atom. The Balaban J connectivity index is 1.41. The smallest absolute Gasteiger partial charge is 0.394 e. The molecule has 17 nitrogen and oxygen atoms in total. The highest BCUT2D eigenvalue weighted by Gasteiger charge is 2.48. The first-order valence-corrected chi connectivity index (χ1v) is 11.4. The van der Waals surface area contributed by atoms with Gasteiger partial charge in [-0.25, -0.2) is 19.5 Å². The third-order valence-electron chi connectivity index (χ3n) is 5.49. The summed E-state index contributed by atoms with van der Waals surface area (Å²) < 4.78 is 33.7. The second-order valence-electron chi connectivity index (χ2n) is 7.70. The molecule has 0 spiro atoms. The Hall–Kier alpha value is -1.86. The van der Waals surface area contributed by atoms with Gasteiger partial charge in [-0.15, -0.1) is 0 Å². The summed E-state index contributed by atoms with van der Waals surface area (Å²) >= 11 is 0. The number of hydrogen-bond acceptors (Lipinski definition) is 15. The Kier molecular flexibility index (Phi) is 7.16. The van der Waals surface area contributed by atoms with Crippen molar-refractivity contribution in [3.8, 4) is 0 Å². The molecule has 2 fully saturated rings. The van der Waals surface area contributed by atoms with E-state index >= 15 is 0 Å². The van der Waals surface area contributed by atoms with Gasteiger partial charge in [-0.1, -0.05) is 0 Å². The van der Waals surface area contributed by atoms with Gasteiger partial charge in [0.2, 0.25) is 0 Å². The van der Waals surface area contributed by atoms with Crippen LogP contribution in [0.5, 0.6) is 0 Å². The topological polar surface area (TPSA) is 265 Å². The number of rotatable bonds is 7. The van der Waals surface area contributed by atoms with Crippen LogP contribution in [0.25, 0.3) is 11.2 Å². The third kappa shape index (κ3) is 4.66. The summed E-state index contributed by atoms with van der Waals surface area (Å²) in [4.78, 5) is 21.9. The van der Waals surface area contributed by atoms with Gasteiger partial charge in [0.25, 0.3) is 0 Å². The summed E-state index contributed by atoms with van der Waals surface area (Å²) in [5.41, 5.74) is 6.18. The molecule has 9 N–H and O–H groups in total. The fourth-order valence-corrected chi connectivity index (χ4v) is 4.47. The second-order valence-corrected chi connectivity index (χ2v) is 9.10. The van der Waals surface area contributed by atoms with Crippen molar-refractivity contribution in [1.82, 2.24) is 19.5 Å². The van der Waals surface area contributed by atoms with Crippen LogP contribution in [-0.2, 0) is 23.1 Å². The first-order valence-electron chi connectivity index (χ1n) is 9.95. The molecule has 10 atom stereocenters. The van der Waals surface area contributed by atoms with Crippen LogP contribution in [0.1, 0.15) is 6.23 Å². The number of hydrogen-bond donors (Lipinski definition) is 8. The number of ether oxygens (including phenoxy) is 2. The van der Waals surface area contributed by atoms with E-state index in [4.69, 9.17) is 24.3 Å². The average molecular weight is 509 g/mol. The van der Waals surface area contributed by atoms with Gasteiger partial charge in [0.1, 0.15) is 54.6 Å². The van der Waals surface area contributed by atoms with Gasteiger partial charge < -0.3 is 50.7 Å². The largest absolute Gasteiger partial charge is 0.474 e. The summed E-state index contributed by atoms with van der Waals surface area (Å²) in [6.45, 7) is -1.52. The predicted octanol–water partition coefficient (Wildman–Crippen LogP) is -4.04. The van der Waals surface area contributed by atoms with E-state index in [1.165, 1.54) is 17.2 Å². The van der Waals surface area contributed by atoms with Gasteiger partial charge in [-0.3, -0.25) is 13.6 Å². The van der Waals surface area contributed by atoms with E-state index in [-0.39, 0.29) is 17.0 Å². The van der Waals surface area contributed by atoms with Crippen LogP contribution in [0.3, 0.4) is 0 Å². The number of anilines is 1. The molecule has 2 aliphatic rings. The van der Waals surface area contributed by atoms with Gasteiger partial charge in [0.15, 0.2) is 24.0 Å². The maximum atomic E-state index is 12.3. The molecule has 2 aromatic heterocycles. The van der Waals surface area contributed by atoms with Crippen molar-refractivity contribution in [3.63, 3.8) is 0 Å². The molecule has 18 heteroatoms. The highest BCUT2D eigenvalue weighted by atomic mass is 31.2. The molecule has 0 bridgehead atoms. The molecule has 0 amide bonds. The number of aliphatic hydroxyl groups is 6. The van der Waals surface area contributed by atoms with Crippen LogP contribution >= 0.6 is 7.82 Å². The van der Waals surface area contributed by atoms with Crippen LogP contribution in [-0.4, -0.2) is 117 Å². The molecule has 0 saturated carbocycles. The Bertz CT molecular complexity index is 1060. The minimum absolute atomic E-state index is 0.0863. The second kappa shape index (κ2) is 9.65. The van der Waals surface area contributed by atoms with Crippen molar-refractivity contribution in [1.29, 1.82) is 0 Å². The van der Waals surface area contributed by atoms with Crippen molar-refractivity contribution < 1.29 is 58.6 Å². The molecule has 2 saturated heterocycles. The lowest BCUT2D eigenvalue weighted by Gasteiger charge is -2.39. The molecule has 1 unspecified atom stereocenters. The molecule has 34 heavy (non-hydrogen) atoms. The SMILES string of the molecule is Nc1ncnc2c1ncn2[C@@H]1O[C@H](COP(=O)(O)O[C@H]2O[C@H](CO)[C@H](O)[C@H](O)[C@H]2O)[C@@H](O)[C@H]1O. The molecule has 0 aliphatic carbocycles. The summed E-state index contributed by atoms with van der Waals surface area (Å²) in [6, 6.07) is 0. The average Bonchev–Trinajstić information content (AvgIpc) is 3.35. The molecular weight excluding hydrogens is 485 g/mol. The van der Waals surface area contributed by atoms with E-state index < -0.39 is 76.3 Å². The normalized spacial score (nSPS) is 38.3. The molecular formula is C16H24N5O12P.